The molecule has 2 heteroatoms. The van der Waals surface area contributed by atoms with Gasteiger partial charge in [-0.25, -0.2) is 0 Å². The number of benzene rings is 1. The topological polar surface area (TPSA) is 35.2 Å². The smallest absolute Gasteiger partial charge is 0.119 e. The molecule has 1 aromatic carbocycles. The minimum atomic E-state index is 0.572. The Balaban J connectivity index is 2.49. The fourth-order valence-corrected chi connectivity index (χ4v) is 1.50. The molecule has 0 saturated heterocycles. The molecule has 0 radical (unpaired) electrons. The number of nitrogens with two attached hydrogens (primary N) is 1. The van der Waals surface area contributed by atoms with Gasteiger partial charge in [-0.2, -0.15) is 0 Å². The normalized spacial score (nSPS) is 10.7. The van der Waals surface area contributed by atoms with Crippen LogP contribution in [0.25, 0.3) is 0 Å². The molecule has 0 aliphatic carbocycles. The molecule has 0 amide bonds. The molecule has 0 heterocycles. The van der Waals surface area contributed by atoms with Crippen LogP contribution in [0.2, 0.25) is 0 Å². The lowest BCUT2D eigenvalue weighted by Gasteiger charge is -2.14. The maximum atomic E-state index is 5.74. The molecule has 0 aliphatic heterocycles. The van der Waals surface area contributed by atoms with E-state index in [2.05, 4.69) is 13.8 Å². The average molecular weight is 207 g/mol. The third kappa shape index (κ3) is 3.92. The van der Waals surface area contributed by atoms with Crippen LogP contribution < -0.4 is 10.5 Å². The van der Waals surface area contributed by atoms with Crippen molar-refractivity contribution in [2.45, 2.75) is 33.2 Å². The van der Waals surface area contributed by atoms with E-state index in [0.717, 1.165) is 17.9 Å². The van der Waals surface area contributed by atoms with Crippen LogP contribution in [0.5, 0.6) is 5.75 Å². The first kappa shape index (κ1) is 12.1. The second kappa shape index (κ2) is 6.46. The van der Waals surface area contributed by atoms with Crippen molar-refractivity contribution in [1.29, 1.82) is 0 Å². The highest BCUT2D eigenvalue weighted by Crippen LogP contribution is 2.15. The van der Waals surface area contributed by atoms with Crippen LogP contribution in [0.15, 0.2) is 24.3 Å². The summed E-state index contributed by atoms with van der Waals surface area (Å²) in [5, 5.41) is 0. The second-order valence-corrected chi connectivity index (χ2v) is 3.85. The van der Waals surface area contributed by atoms with E-state index < -0.39 is 0 Å². The van der Waals surface area contributed by atoms with Gasteiger partial charge in [0.1, 0.15) is 5.75 Å². The molecule has 0 atom stereocenters. The number of hydrogen-bond donors (Lipinski definition) is 1. The molecular weight excluding hydrogens is 186 g/mol. The molecule has 0 aromatic heterocycles. The van der Waals surface area contributed by atoms with Crippen molar-refractivity contribution in [2.24, 2.45) is 11.7 Å². The van der Waals surface area contributed by atoms with Gasteiger partial charge in [0.15, 0.2) is 0 Å². The molecular formula is C13H21NO. The Morgan fingerprint density at radius 2 is 2.00 bits per heavy atom. The molecule has 1 aromatic rings. The Bertz CT molecular complexity index is 282. The van der Waals surface area contributed by atoms with E-state index in [4.69, 9.17) is 10.5 Å². The highest BCUT2D eigenvalue weighted by molar-refractivity contribution is 5.28. The van der Waals surface area contributed by atoms with E-state index in [1.165, 1.54) is 12.8 Å². The van der Waals surface area contributed by atoms with Gasteiger partial charge in [-0.15, -0.1) is 0 Å². The first-order valence-electron chi connectivity index (χ1n) is 5.71. The first-order valence-corrected chi connectivity index (χ1v) is 5.71. The zero-order valence-electron chi connectivity index (χ0n) is 9.70. The van der Waals surface area contributed by atoms with Crippen molar-refractivity contribution in [3.05, 3.63) is 29.8 Å². The second-order valence-electron chi connectivity index (χ2n) is 3.85. The largest absolute Gasteiger partial charge is 0.493 e. The highest BCUT2D eigenvalue weighted by atomic mass is 16.5. The number of rotatable bonds is 6. The lowest BCUT2D eigenvalue weighted by molar-refractivity contribution is 0.240. The van der Waals surface area contributed by atoms with Crippen LogP contribution in [-0.4, -0.2) is 6.61 Å². The molecule has 0 aliphatic rings. The van der Waals surface area contributed by atoms with E-state index in [-0.39, 0.29) is 0 Å². The summed E-state index contributed by atoms with van der Waals surface area (Å²) in [6.45, 7) is 5.78. The summed E-state index contributed by atoms with van der Waals surface area (Å²) in [6.07, 6.45) is 2.35. The van der Waals surface area contributed by atoms with Crippen LogP contribution in [0.1, 0.15) is 32.3 Å². The molecule has 0 saturated carbocycles. The fraction of sp³-hybridized carbons (Fsp3) is 0.538. The van der Waals surface area contributed by atoms with Gasteiger partial charge < -0.3 is 10.5 Å². The van der Waals surface area contributed by atoms with Gasteiger partial charge in [0.05, 0.1) is 6.61 Å². The van der Waals surface area contributed by atoms with Gasteiger partial charge in [-0.05, 0) is 23.6 Å². The molecule has 84 valence electrons. The van der Waals surface area contributed by atoms with Crippen molar-refractivity contribution in [3.8, 4) is 5.75 Å². The van der Waals surface area contributed by atoms with E-state index in [9.17, 15) is 0 Å². The number of hydrogen-bond acceptors (Lipinski definition) is 2. The van der Waals surface area contributed by atoms with Gasteiger partial charge in [-0.3, -0.25) is 0 Å². The Labute approximate surface area is 92.4 Å². The van der Waals surface area contributed by atoms with Crippen LogP contribution in [0, 0.1) is 5.92 Å². The summed E-state index contributed by atoms with van der Waals surface area (Å²) in [6, 6.07) is 8.01. The predicted octanol–water partition coefficient (Wildman–Crippen LogP) is 2.96. The Kier molecular flexibility index (Phi) is 5.19. The standard InChI is InChI=1S/C13H21NO/c1-3-11(4-2)10-15-13-7-5-6-12(8-13)9-14/h5-8,11H,3-4,9-10,14H2,1-2H3. The van der Waals surface area contributed by atoms with Crippen LogP contribution in [0.3, 0.4) is 0 Å². The summed E-state index contributed by atoms with van der Waals surface area (Å²) in [5.74, 6) is 1.59. The molecule has 0 fully saturated rings. The van der Waals surface area contributed by atoms with Gasteiger partial charge >= 0.3 is 0 Å². The van der Waals surface area contributed by atoms with Crippen LogP contribution in [-0.2, 0) is 6.54 Å². The van der Waals surface area contributed by atoms with Crippen molar-refractivity contribution >= 4 is 0 Å². The monoisotopic (exact) mass is 207 g/mol. The van der Waals surface area contributed by atoms with Gasteiger partial charge in [0.2, 0.25) is 0 Å². The van der Waals surface area contributed by atoms with Gasteiger partial charge in [0.25, 0.3) is 0 Å². The lowest BCUT2D eigenvalue weighted by atomic mass is 10.1. The van der Waals surface area contributed by atoms with Crippen molar-refractivity contribution in [2.75, 3.05) is 6.61 Å². The predicted molar refractivity (Wildman–Crippen MR) is 63.9 cm³/mol. The highest BCUT2D eigenvalue weighted by Gasteiger charge is 2.04. The molecule has 1 rings (SSSR count). The molecule has 15 heavy (non-hydrogen) atoms. The molecule has 0 spiro atoms. The van der Waals surface area contributed by atoms with Gasteiger partial charge in [0, 0.05) is 6.54 Å². The molecule has 2 nitrogen and oxygen atoms in total. The van der Waals surface area contributed by atoms with E-state index in [1.54, 1.807) is 0 Å². The van der Waals surface area contributed by atoms with Crippen LogP contribution in [0.4, 0.5) is 0 Å². The summed E-state index contributed by atoms with van der Waals surface area (Å²) >= 11 is 0. The lowest BCUT2D eigenvalue weighted by Crippen LogP contribution is -2.10. The zero-order valence-corrected chi connectivity index (χ0v) is 9.70. The van der Waals surface area contributed by atoms with Crippen molar-refractivity contribution in [1.82, 2.24) is 0 Å². The maximum absolute atomic E-state index is 5.74. The fourth-order valence-electron chi connectivity index (χ4n) is 1.50. The molecule has 0 unspecified atom stereocenters. The summed E-state index contributed by atoms with van der Waals surface area (Å²) in [7, 11) is 0. The quantitative estimate of drug-likeness (QED) is 0.778. The van der Waals surface area contributed by atoms with E-state index in [1.807, 2.05) is 24.3 Å². The number of ether oxygens (including phenoxy) is 1. The third-order valence-corrected chi connectivity index (χ3v) is 2.77. The summed E-state index contributed by atoms with van der Waals surface area (Å²) in [4.78, 5) is 0. The Hall–Kier alpha value is -1.02. The first-order chi connectivity index (χ1) is 7.30. The zero-order chi connectivity index (χ0) is 11.1. The average Bonchev–Trinajstić information content (AvgIpc) is 2.31. The summed E-state index contributed by atoms with van der Waals surface area (Å²) < 4.78 is 5.74. The maximum Gasteiger partial charge on any atom is 0.119 e. The molecule has 2 N–H and O–H groups in total. The Morgan fingerprint density at radius 3 is 2.60 bits per heavy atom. The SMILES string of the molecule is CCC(CC)COc1cccc(CN)c1. The summed E-state index contributed by atoms with van der Waals surface area (Å²) in [5.41, 5.74) is 6.69. The molecule has 0 bridgehead atoms. The van der Waals surface area contributed by atoms with Gasteiger partial charge in [-0.1, -0.05) is 38.8 Å². The van der Waals surface area contributed by atoms with Crippen molar-refractivity contribution < 1.29 is 4.74 Å². The Morgan fingerprint density at radius 1 is 1.27 bits per heavy atom. The third-order valence-electron chi connectivity index (χ3n) is 2.77. The minimum Gasteiger partial charge on any atom is -0.493 e. The van der Waals surface area contributed by atoms with Crippen LogP contribution >= 0.6 is 0 Å². The van der Waals surface area contributed by atoms with Crippen molar-refractivity contribution in [3.63, 3.8) is 0 Å². The minimum absolute atomic E-state index is 0.572. The van der Waals surface area contributed by atoms with E-state index >= 15 is 0 Å². The van der Waals surface area contributed by atoms with E-state index in [0.29, 0.717) is 12.5 Å².